The molecule has 7 rings (SSSR count). The van der Waals surface area contributed by atoms with Crippen LogP contribution in [0.2, 0.25) is 5.02 Å². The van der Waals surface area contributed by atoms with Crippen LogP contribution < -0.4 is 15.6 Å². The first kappa shape index (κ1) is 34.3. The number of piperazine rings is 1. The van der Waals surface area contributed by atoms with Crippen molar-refractivity contribution in [1.82, 2.24) is 34.6 Å². The molecule has 0 bridgehead atoms. The summed E-state index contributed by atoms with van der Waals surface area (Å²) in [5.74, 6) is -1.05. The molecule has 0 unspecified atom stereocenters. The number of benzene rings is 1. The number of hydrogen-bond acceptors (Lipinski definition) is 10. The first-order valence-electron chi connectivity index (χ1n) is 16.6. The normalized spacial score (nSPS) is 18.6. The summed E-state index contributed by atoms with van der Waals surface area (Å²) in [4.78, 5) is 57.8. The fraction of sp³-hybridized carbons (Fsp3) is 0.412. The zero-order valence-electron chi connectivity index (χ0n) is 27.7. The molecular formula is C34H33ClF3N9O4. The van der Waals surface area contributed by atoms with Gasteiger partial charge in [0, 0.05) is 24.8 Å². The molecule has 13 nitrogen and oxygen atoms in total. The number of aromatic hydroxyl groups is 1. The van der Waals surface area contributed by atoms with Crippen molar-refractivity contribution in [3.63, 3.8) is 0 Å². The van der Waals surface area contributed by atoms with E-state index in [1.807, 2.05) is 17.9 Å². The summed E-state index contributed by atoms with van der Waals surface area (Å²) in [7, 11) is 0. The number of fused-ring (bicyclic) bond motifs is 2. The minimum atomic E-state index is -4.61. The molecule has 51 heavy (non-hydrogen) atoms. The summed E-state index contributed by atoms with van der Waals surface area (Å²) in [6, 6.07) is 2.12. The summed E-state index contributed by atoms with van der Waals surface area (Å²) < 4.78 is 41.2. The number of carbonyl (C=O) groups excluding carboxylic acids is 2. The van der Waals surface area contributed by atoms with Crippen LogP contribution in [0.1, 0.15) is 72.3 Å². The van der Waals surface area contributed by atoms with Gasteiger partial charge in [-0.1, -0.05) is 24.1 Å². The average molecular weight is 724 g/mol. The van der Waals surface area contributed by atoms with Crippen molar-refractivity contribution < 1.29 is 27.9 Å². The lowest BCUT2D eigenvalue weighted by molar-refractivity contribution is -0.137. The smallest absolute Gasteiger partial charge is 0.416 e. The van der Waals surface area contributed by atoms with Gasteiger partial charge >= 0.3 is 6.18 Å². The highest BCUT2D eigenvalue weighted by Crippen LogP contribution is 2.39. The molecule has 2 amide bonds. The van der Waals surface area contributed by atoms with Gasteiger partial charge in [0.2, 0.25) is 11.3 Å². The predicted molar refractivity (Wildman–Crippen MR) is 182 cm³/mol. The topological polar surface area (TPSA) is 159 Å². The molecule has 2 saturated carbocycles. The van der Waals surface area contributed by atoms with Gasteiger partial charge in [0.1, 0.15) is 18.6 Å². The van der Waals surface area contributed by atoms with E-state index >= 15 is 0 Å². The SMILES string of the molecule is CCc1c(N2CCN(C(=O)c3ncnc(C)c3O)[C@H]3CC[C@@H]32)c(=O)c2nc(C=C3CCC3)nnc2n1CC(=O)Nc1ccc(C(F)(F)F)cc1Cl. The Hall–Kier alpha value is -5.12. The minimum absolute atomic E-state index is 0.0134. The van der Waals surface area contributed by atoms with Crippen molar-refractivity contribution in [1.29, 1.82) is 0 Å². The third kappa shape index (κ3) is 6.25. The monoisotopic (exact) mass is 723 g/mol. The van der Waals surface area contributed by atoms with Crippen molar-refractivity contribution in [3.05, 3.63) is 73.8 Å². The molecule has 0 radical (unpaired) electrons. The molecule has 266 valence electrons. The summed E-state index contributed by atoms with van der Waals surface area (Å²) in [6.07, 6.45) is 2.92. The number of nitrogens with one attached hydrogen (secondary N) is 1. The Bertz CT molecular complexity index is 2170. The summed E-state index contributed by atoms with van der Waals surface area (Å²) in [5, 5.41) is 21.4. The second kappa shape index (κ2) is 13.2. The van der Waals surface area contributed by atoms with Crippen LogP contribution in [0, 0.1) is 6.92 Å². The lowest BCUT2D eigenvalue weighted by Gasteiger charge is -2.54. The lowest BCUT2D eigenvalue weighted by Crippen LogP contribution is -2.67. The van der Waals surface area contributed by atoms with Gasteiger partial charge in [-0.05, 0) is 69.7 Å². The number of aromatic nitrogens is 6. The number of rotatable bonds is 7. The molecule has 0 spiro atoms. The van der Waals surface area contributed by atoms with Crippen LogP contribution in [0.4, 0.5) is 24.5 Å². The van der Waals surface area contributed by atoms with E-state index in [1.54, 1.807) is 16.4 Å². The predicted octanol–water partition coefficient (Wildman–Crippen LogP) is 4.92. The number of aryl methyl sites for hydroxylation is 1. The lowest BCUT2D eigenvalue weighted by atomic mass is 9.81. The highest BCUT2D eigenvalue weighted by Gasteiger charge is 2.47. The van der Waals surface area contributed by atoms with Crippen molar-refractivity contribution in [3.8, 4) is 5.75 Å². The van der Waals surface area contributed by atoms with Crippen LogP contribution in [0.5, 0.6) is 5.75 Å². The van der Waals surface area contributed by atoms with Gasteiger partial charge in [-0.25, -0.2) is 15.0 Å². The second-order valence-electron chi connectivity index (χ2n) is 12.9. The molecule has 4 aromatic rings. The van der Waals surface area contributed by atoms with Crippen LogP contribution >= 0.6 is 11.6 Å². The maximum absolute atomic E-state index is 14.5. The van der Waals surface area contributed by atoms with Gasteiger partial charge in [0.15, 0.2) is 28.4 Å². The van der Waals surface area contributed by atoms with Crippen LogP contribution in [-0.2, 0) is 23.9 Å². The van der Waals surface area contributed by atoms with E-state index in [9.17, 15) is 32.7 Å². The minimum Gasteiger partial charge on any atom is -0.504 e. The zero-order chi connectivity index (χ0) is 36.2. The van der Waals surface area contributed by atoms with E-state index in [-0.39, 0.29) is 82.0 Å². The summed E-state index contributed by atoms with van der Waals surface area (Å²) >= 11 is 6.13. The quantitative estimate of drug-likeness (QED) is 0.268. The Morgan fingerprint density at radius 1 is 1.12 bits per heavy atom. The van der Waals surface area contributed by atoms with Crippen molar-refractivity contribution >= 4 is 52.0 Å². The number of pyridine rings is 1. The Morgan fingerprint density at radius 3 is 2.53 bits per heavy atom. The molecule has 3 aromatic heterocycles. The molecular weight excluding hydrogens is 691 g/mol. The number of anilines is 2. The van der Waals surface area contributed by atoms with Crippen LogP contribution in [0.3, 0.4) is 0 Å². The summed E-state index contributed by atoms with van der Waals surface area (Å²) in [5.41, 5.74) is 0.891. The van der Waals surface area contributed by atoms with E-state index in [0.29, 0.717) is 30.6 Å². The first-order chi connectivity index (χ1) is 24.3. The van der Waals surface area contributed by atoms with Gasteiger partial charge in [0.25, 0.3) is 5.91 Å². The molecule has 4 heterocycles. The molecule has 17 heteroatoms. The van der Waals surface area contributed by atoms with Gasteiger partial charge in [-0.2, -0.15) is 13.2 Å². The molecule has 1 saturated heterocycles. The van der Waals surface area contributed by atoms with E-state index in [1.165, 1.54) is 6.33 Å². The van der Waals surface area contributed by atoms with Crippen molar-refractivity contribution in [2.45, 2.75) is 77.2 Å². The number of allylic oxidation sites excluding steroid dienone is 1. The number of amides is 2. The number of nitrogens with zero attached hydrogens (tertiary/aromatic N) is 8. The molecule has 2 aliphatic carbocycles. The maximum Gasteiger partial charge on any atom is 0.416 e. The van der Waals surface area contributed by atoms with Gasteiger partial charge in [-0.3, -0.25) is 14.4 Å². The zero-order valence-corrected chi connectivity index (χ0v) is 28.4. The second-order valence-corrected chi connectivity index (χ2v) is 13.3. The number of alkyl halides is 3. The Kier molecular flexibility index (Phi) is 8.89. The Labute approximate surface area is 294 Å². The molecule has 2 N–H and O–H groups in total. The fourth-order valence-electron chi connectivity index (χ4n) is 6.91. The number of halogens is 4. The third-order valence-electron chi connectivity index (χ3n) is 9.85. The van der Waals surface area contributed by atoms with E-state index in [2.05, 4.69) is 30.5 Å². The molecule has 3 aliphatic rings. The van der Waals surface area contributed by atoms with Crippen LogP contribution in [-0.4, -0.2) is 76.7 Å². The van der Waals surface area contributed by atoms with E-state index in [0.717, 1.165) is 43.0 Å². The highest BCUT2D eigenvalue weighted by atomic mass is 35.5. The number of hydrogen-bond donors (Lipinski definition) is 2. The van der Waals surface area contributed by atoms with Crippen LogP contribution in [0.15, 0.2) is 34.9 Å². The van der Waals surface area contributed by atoms with E-state index < -0.39 is 23.6 Å². The largest absolute Gasteiger partial charge is 0.504 e. The molecule has 2 atom stereocenters. The fourth-order valence-corrected chi connectivity index (χ4v) is 7.14. The van der Waals surface area contributed by atoms with Gasteiger partial charge < -0.3 is 24.8 Å². The Morgan fingerprint density at radius 2 is 1.88 bits per heavy atom. The standard InChI is InChI=1S/C34H33ClF3N9O4/c1-3-22-29(45-11-12-46(24-10-9-23(24)45)33(51)28-30(49)17(2)39-16-40-28)31(50)27-32(44-43-25(42-27)13-18-5-4-6-18)47(22)15-26(48)41-21-8-7-19(14-20(21)35)34(36,37)38/h7-8,13-14,16,23-24,49H,3-6,9-12,15H2,1-2H3,(H,41,48)/t23-,24-/m0/s1. The number of carbonyl (C=O) groups is 2. The molecule has 3 fully saturated rings. The molecule has 1 aromatic carbocycles. The summed E-state index contributed by atoms with van der Waals surface area (Å²) in [6.45, 7) is 3.54. The van der Waals surface area contributed by atoms with E-state index in [4.69, 9.17) is 11.6 Å². The van der Waals surface area contributed by atoms with Gasteiger partial charge in [-0.15, -0.1) is 10.2 Å². The van der Waals surface area contributed by atoms with Gasteiger partial charge in [0.05, 0.1) is 28.0 Å². The molecule has 1 aliphatic heterocycles. The maximum atomic E-state index is 14.5. The third-order valence-corrected chi connectivity index (χ3v) is 10.2. The van der Waals surface area contributed by atoms with Crippen molar-refractivity contribution in [2.75, 3.05) is 23.3 Å². The van der Waals surface area contributed by atoms with Crippen LogP contribution in [0.25, 0.3) is 17.2 Å². The average Bonchev–Trinajstić information content (AvgIpc) is 3.05. The highest BCUT2D eigenvalue weighted by molar-refractivity contribution is 6.33. The van der Waals surface area contributed by atoms with Crippen molar-refractivity contribution in [2.24, 2.45) is 0 Å². The Balaban J connectivity index is 1.27. The first-order valence-corrected chi connectivity index (χ1v) is 17.0.